The van der Waals surface area contributed by atoms with Gasteiger partial charge >= 0.3 is 0 Å². The molecule has 4 nitrogen and oxygen atoms in total. The molecule has 94 valence electrons. The van der Waals surface area contributed by atoms with Gasteiger partial charge in [0.1, 0.15) is 5.78 Å². The second-order valence-electron chi connectivity index (χ2n) is 4.28. The molecule has 0 aliphatic carbocycles. The van der Waals surface area contributed by atoms with Crippen molar-refractivity contribution in [2.75, 3.05) is 0 Å². The molecular formula is C13H13NO3S. The van der Waals surface area contributed by atoms with Crippen molar-refractivity contribution in [2.45, 2.75) is 25.0 Å². The van der Waals surface area contributed by atoms with E-state index in [9.17, 15) is 14.4 Å². The number of ketones is 1. The lowest BCUT2D eigenvalue weighted by Crippen LogP contribution is -2.25. The maximum Gasteiger partial charge on any atom is 0.286 e. The van der Waals surface area contributed by atoms with E-state index in [1.54, 1.807) is 6.92 Å². The van der Waals surface area contributed by atoms with Crippen LogP contribution in [-0.4, -0.2) is 22.2 Å². The molecule has 0 spiro atoms. The Hall–Kier alpha value is -1.62. The van der Waals surface area contributed by atoms with Crippen molar-refractivity contribution in [3.8, 4) is 0 Å². The molecule has 1 N–H and O–H groups in total. The van der Waals surface area contributed by atoms with Gasteiger partial charge in [0.2, 0.25) is 5.91 Å². The van der Waals surface area contributed by atoms with Gasteiger partial charge in [-0.25, -0.2) is 0 Å². The number of rotatable bonds is 4. The second-order valence-corrected chi connectivity index (χ2v) is 5.46. The Labute approximate surface area is 109 Å². The minimum atomic E-state index is -0.337. The topological polar surface area (TPSA) is 63.2 Å². The number of carbonyl (C=O) groups excluding carboxylic acids is 3. The van der Waals surface area contributed by atoms with Crippen molar-refractivity contribution in [3.05, 3.63) is 35.4 Å². The summed E-state index contributed by atoms with van der Waals surface area (Å²) in [5, 5.41) is 1.65. The molecule has 1 aliphatic heterocycles. The molecule has 1 unspecified atom stereocenters. The molecule has 1 fully saturated rings. The van der Waals surface area contributed by atoms with Gasteiger partial charge in [-0.2, -0.15) is 0 Å². The van der Waals surface area contributed by atoms with Gasteiger partial charge < -0.3 is 0 Å². The van der Waals surface area contributed by atoms with Crippen LogP contribution in [0.25, 0.3) is 0 Å². The molecule has 0 saturated carbocycles. The highest BCUT2D eigenvalue weighted by molar-refractivity contribution is 8.15. The summed E-state index contributed by atoms with van der Waals surface area (Å²) in [6.07, 6.45) is 0.958. The SMILES string of the molecule is CC(=O)Cc1ccc(CC2SC(=O)NC2=O)cc1. The number of nitrogens with one attached hydrogen (secondary N) is 1. The molecule has 2 rings (SSSR count). The largest absolute Gasteiger partial charge is 0.300 e. The summed E-state index contributed by atoms with van der Waals surface area (Å²) in [6.45, 7) is 1.55. The Morgan fingerprint density at radius 2 is 1.83 bits per heavy atom. The van der Waals surface area contributed by atoms with E-state index < -0.39 is 0 Å². The molecule has 18 heavy (non-hydrogen) atoms. The van der Waals surface area contributed by atoms with E-state index in [2.05, 4.69) is 5.32 Å². The zero-order valence-electron chi connectivity index (χ0n) is 9.93. The van der Waals surface area contributed by atoms with E-state index in [0.717, 1.165) is 22.9 Å². The number of amides is 2. The standard InChI is InChI=1S/C13H13NO3S/c1-8(15)6-9-2-4-10(5-3-9)7-11-12(16)14-13(17)18-11/h2-5,11H,6-7H2,1H3,(H,14,16,17). The van der Waals surface area contributed by atoms with Crippen molar-refractivity contribution in [3.63, 3.8) is 0 Å². The maximum atomic E-state index is 11.4. The minimum absolute atomic E-state index is 0.124. The predicted octanol–water partition coefficient (Wildman–Crippen LogP) is 1.71. The van der Waals surface area contributed by atoms with Crippen molar-refractivity contribution in [2.24, 2.45) is 0 Å². The molecule has 0 bridgehead atoms. The highest BCUT2D eigenvalue weighted by Crippen LogP contribution is 2.23. The molecule has 0 aromatic heterocycles. The number of Topliss-reactive ketones (excluding diaryl/α,β-unsaturated/α-hetero) is 1. The van der Waals surface area contributed by atoms with Crippen LogP contribution in [-0.2, 0) is 22.4 Å². The number of imide groups is 1. The molecule has 1 aromatic rings. The Morgan fingerprint density at radius 3 is 2.33 bits per heavy atom. The van der Waals surface area contributed by atoms with E-state index in [1.165, 1.54) is 0 Å². The summed E-state index contributed by atoms with van der Waals surface area (Å²) in [4.78, 5) is 33.4. The highest BCUT2D eigenvalue weighted by atomic mass is 32.2. The van der Waals surface area contributed by atoms with Gasteiger partial charge in [0.05, 0.1) is 5.25 Å². The van der Waals surface area contributed by atoms with Crippen LogP contribution in [0, 0.1) is 0 Å². The minimum Gasteiger partial charge on any atom is -0.300 e. The quantitative estimate of drug-likeness (QED) is 0.898. The van der Waals surface area contributed by atoms with Crippen LogP contribution in [0.5, 0.6) is 0 Å². The van der Waals surface area contributed by atoms with Crippen LogP contribution < -0.4 is 5.32 Å². The van der Waals surface area contributed by atoms with Crippen LogP contribution >= 0.6 is 11.8 Å². The van der Waals surface area contributed by atoms with Crippen LogP contribution in [0.4, 0.5) is 4.79 Å². The third kappa shape index (κ3) is 3.20. The zero-order chi connectivity index (χ0) is 13.1. The van der Waals surface area contributed by atoms with E-state index >= 15 is 0 Å². The Bertz CT molecular complexity index is 495. The first kappa shape index (κ1) is 12.8. The summed E-state index contributed by atoms with van der Waals surface area (Å²) in [5.41, 5.74) is 1.95. The van der Waals surface area contributed by atoms with Gasteiger partial charge in [0.25, 0.3) is 5.24 Å². The molecule has 1 atom stereocenters. The summed E-state index contributed by atoms with van der Waals surface area (Å²) in [6, 6.07) is 7.57. The molecule has 1 aliphatic rings. The molecule has 2 amide bonds. The molecular weight excluding hydrogens is 250 g/mol. The van der Waals surface area contributed by atoms with Crippen molar-refractivity contribution in [1.82, 2.24) is 5.32 Å². The normalized spacial score (nSPS) is 18.8. The number of carbonyl (C=O) groups is 3. The average molecular weight is 263 g/mol. The molecule has 1 heterocycles. The molecule has 1 saturated heterocycles. The smallest absolute Gasteiger partial charge is 0.286 e. The lowest BCUT2D eigenvalue weighted by Gasteiger charge is -2.06. The number of hydrogen-bond donors (Lipinski definition) is 1. The Kier molecular flexibility index (Phi) is 3.81. The fraction of sp³-hybridized carbons (Fsp3) is 0.308. The van der Waals surface area contributed by atoms with E-state index in [0.29, 0.717) is 12.8 Å². The highest BCUT2D eigenvalue weighted by Gasteiger charge is 2.31. The third-order valence-electron chi connectivity index (χ3n) is 2.66. The third-order valence-corrected chi connectivity index (χ3v) is 3.65. The Balaban J connectivity index is 2.00. The van der Waals surface area contributed by atoms with Gasteiger partial charge in [0, 0.05) is 6.42 Å². The van der Waals surface area contributed by atoms with Gasteiger partial charge in [-0.3, -0.25) is 19.7 Å². The molecule has 0 radical (unpaired) electrons. The van der Waals surface area contributed by atoms with E-state index in [4.69, 9.17) is 0 Å². The van der Waals surface area contributed by atoms with Crippen LogP contribution in [0.3, 0.4) is 0 Å². The van der Waals surface area contributed by atoms with E-state index in [-0.39, 0.29) is 22.2 Å². The Morgan fingerprint density at radius 1 is 1.22 bits per heavy atom. The van der Waals surface area contributed by atoms with E-state index in [1.807, 2.05) is 24.3 Å². The summed E-state index contributed by atoms with van der Waals surface area (Å²) in [5.74, 6) is -0.100. The monoisotopic (exact) mass is 263 g/mol. The lowest BCUT2D eigenvalue weighted by atomic mass is 10.0. The van der Waals surface area contributed by atoms with Crippen LogP contribution in [0.15, 0.2) is 24.3 Å². The van der Waals surface area contributed by atoms with Crippen molar-refractivity contribution < 1.29 is 14.4 Å². The maximum absolute atomic E-state index is 11.4. The lowest BCUT2D eigenvalue weighted by molar-refractivity contribution is -0.119. The van der Waals surface area contributed by atoms with Crippen LogP contribution in [0.2, 0.25) is 0 Å². The first-order chi connectivity index (χ1) is 8.54. The summed E-state index contributed by atoms with van der Waals surface area (Å²) in [7, 11) is 0. The fourth-order valence-electron chi connectivity index (χ4n) is 1.82. The number of benzene rings is 1. The fourth-order valence-corrected chi connectivity index (χ4v) is 2.68. The zero-order valence-corrected chi connectivity index (χ0v) is 10.8. The van der Waals surface area contributed by atoms with Gasteiger partial charge in [-0.05, 0) is 24.5 Å². The molecule has 1 aromatic carbocycles. The van der Waals surface area contributed by atoms with Gasteiger partial charge in [-0.15, -0.1) is 0 Å². The van der Waals surface area contributed by atoms with Crippen molar-refractivity contribution >= 4 is 28.7 Å². The average Bonchev–Trinajstić information content (AvgIpc) is 2.59. The number of hydrogen-bond acceptors (Lipinski definition) is 4. The first-order valence-corrected chi connectivity index (χ1v) is 6.51. The first-order valence-electron chi connectivity index (χ1n) is 5.63. The van der Waals surface area contributed by atoms with Crippen LogP contribution in [0.1, 0.15) is 18.1 Å². The predicted molar refractivity (Wildman–Crippen MR) is 69.4 cm³/mol. The van der Waals surface area contributed by atoms with Crippen molar-refractivity contribution in [1.29, 1.82) is 0 Å². The molecule has 5 heteroatoms. The summed E-state index contributed by atoms with van der Waals surface area (Å²) < 4.78 is 0. The number of thioether (sulfide) groups is 1. The summed E-state index contributed by atoms with van der Waals surface area (Å²) >= 11 is 1.03. The van der Waals surface area contributed by atoms with Gasteiger partial charge in [0.15, 0.2) is 0 Å². The second kappa shape index (κ2) is 5.35. The van der Waals surface area contributed by atoms with Gasteiger partial charge in [-0.1, -0.05) is 36.0 Å².